The first-order valence-electron chi connectivity index (χ1n) is 6.38. The molecule has 1 atom stereocenters. The molecular formula is C15H25NO. The van der Waals surface area contributed by atoms with E-state index < -0.39 is 0 Å². The topological polar surface area (TPSA) is 35.2 Å². The molecule has 0 aliphatic rings. The number of ether oxygens (including phenoxy) is 1. The minimum Gasteiger partial charge on any atom is -0.374 e. The number of aryl methyl sites for hydroxylation is 1. The largest absolute Gasteiger partial charge is 0.374 e. The zero-order chi connectivity index (χ0) is 12.9. The summed E-state index contributed by atoms with van der Waals surface area (Å²) >= 11 is 0. The molecule has 1 aromatic rings. The van der Waals surface area contributed by atoms with E-state index in [0.717, 1.165) is 12.8 Å². The third kappa shape index (κ3) is 5.85. The fraction of sp³-hybridized carbons (Fsp3) is 0.600. The summed E-state index contributed by atoms with van der Waals surface area (Å²) in [7, 11) is 0. The third-order valence-electron chi connectivity index (χ3n) is 2.66. The summed E-state index contributed by atoms with van der Waals surface area (Å²) in [6, 6.07) is 8.74. The molecule has 1 rings (SSSR count). The molecule has 2 nitrogen and oxygen atoms in total. The van der Waals surface area contributed by atoms with E-state index in [1.165, 1.54) is 11.1 Å². The number of benzene rings is 1. The van der Waals surface area contributed by atoms with Crippen LogP contribution in [0.5, 0.6) is 0 Å². The predicted molar refractivity (Wildman–Crippen MR) is 73.2 cm³/mol. The molecule has 1 aromatic carbocycles. The van der Waals surface area contributed by atoms with Gasteiger partial charge in [0.1, 0.15) is 0 Å². The van der Waals surface area contributed by atoms with Crippen molar-refractivity contribution in [2.45, 2.75) is 52.2 Å². The van der Waals surface area contributed by atoms with Crippen molar-refractivity contribution in [2.75, 3.05) is 6.61 Å². The average Bonchev–Trinajstić information content (AvgIpc) is 2.27. The number of hydrogen-bond donors (Lipinski definition) is 1. The van der Waals surface area contributed by atoms with E-state index in [9.17, 15) is 0 Å². The van der Waals surface area contributed by atoms with Crippen LogP contribution in [0.2, 0.25) is 0 Å². The van der Waals surface area contributed by atoms with Crippen molar-refractivity contribution in [3.8, 4) is 0 Å². The summed E-state index contributed by atoms with van der Waals surface area (Å²) in [5, 5.41) is 0. The highest BCUT2D eigenvalue weighted by molar-refractivity contribution is 5.23. The van der Waals surface area contributed by atoms with Gasteiger partial charge in [0.05, 0.1) is 12.2 Å². The van der Waals surface area contributed by atoms with E-state index in [4.69, 9.17) is 10.5 Å². The first kappa shape index (κ1) is 14.2. The lowest BCUT2D eigenvalue weighted by molar-refractivity contribution is -0.00983. The van der Waals surface area contributed by atoms with Gasteiger partial charge in [-0.2, -0.15) is 0 Å². The third-order valence-corrected chi connectivity index (χ3v) is 2.66. The van der Waals surface area contributed by atoms with E-state index in [1.54, 1.807) is 0 Å². The Morgan fingerprint density at radius 2 is 1.65 bits per heavy atom. The second-order valence-corrected chi connectivity index (χ2v) is 5.56. The fourth-order valence-corrected chi connectivity index (χ4v) is 1.63. The number of hydrogen-bond acceptors (Lipinski definition) is 2. The molecule has 0 aromatic heterocycles. The molecule has 96 valence electrons. The molecule has 1 unspecified atom stereocenters. The average molecular weight is 235 g/mol. The minimum absolute atomic E-state index is 0.0710. The van der Waals surface area contributed by atoms with Crippen molar-refractivity contribution in [2.24, 2.45) is 5.73 Å². The summed E-state index contributed by atoms with van der Waals surface area (Å²) < 4.78 is 5.68. The molecular weight excluding hydrogens is 210 g/mol. The predicted octanol–water partition coefficient (Wildman–Crippen LogP) is 2.93. The van der Waals surface area contributed by atoms with Gasteiger partial charge in [0.15, 0.2) is 0 Å². The Kier molecular flexibility index (Phi) is 5.16. The molecule has 17 heavy (non-hydrogen) atoms. The Morgan fingerprint density at radius 1 is 1.12 bits per heavy atom. The smallest absolute Gasteiger partial charge is 0.0627 e. The Balaban J connectivity index is 2.42. The van der Waals surface area contributed by atoms with Crippen molar-refractivity contribution in [3.05, 3.63) is 35.4 Å². The van der Waals surface area contributed by atoms with Crippen molar-refractivity contribution < 1.29 is 4.74 Å². The molecule has 0 aliphatic heterocycles. The fourth-order valence-electron chi connectivity index (χ4n) is 1.63. The maximum absolute atomic E-state index is 6.06. The van der Waals surface area contributed by atoms with Crippen molar-refractivity contribution in [1.82, 2.24) is 0 Å². The zero-order valence-corrected chi connectivity index (χ0v) is 11.5. The second kappa shape index (κ2) is 6.18. The Bertz CT molecular complexity index is 324. The van der Waals surface area contributed by atoms with Crippen molar-refractivity contribution in [1.29, 1.82) is 0 Å². The minimum atomic E-state index is -0.107. The molecule has 0 amide bonds. The van der Waals surface area contributed by atoms with Gasteiger partial charge in [-0.25, -0.2) is 0 Å². The van der Waals surface area contributed by atoms with Gasteiger partial charge in [0.2, 0.25) is 0 Å². The van der Waals surface area contributed by atoms with Gasteiger partial charge >= 0.3 is 0 Å². The molecule has 0 spiro atoms. The molecule has 0 radical (unpaired) electrons. The highest BCUT2D eigenvalue weighted by atomic mass is 16.5. The molecule has 0 aliphatic carbocycles. The van der Waals surface area contributed by atoms with Crippen molar-refractivity contribution in [3.63, 3.8) is 0 Å². The first-order chi connectivity index (χ1) is 7.90. The van der Waals surface area contributed by atoms with E-state index in [1.807, 2.05) is 0 Å². The molecule has 0 heterocycles. The maximum atomic E-state index is 6.06. The lowest BCUT2D eigenvalue weighted by Crippen LogP contribution is -2.33. The zero-order valence-electron chi connectivity index (χ0n) is 11.5. The van der Waals surface area contributed by atoms with Crippen LogP contribution in [0.15, 0.2) is 24.3 Å². The summed E-state index contributed by atoms with van der Waals surface area (Å²) in [6.45, 7) is 8.93. The van der Waals surface area contributed by atoms with Crippen LogP contribution in [-0.4, -0.2) is 18.2 Å². The van der Waals surface area contributed by atoms with E-state index in [2.05, 4.69) is 52.0 Å². The maximum Gasteiger partial charge on any atom is 0.0627 e. The summed E-state index contributed by atoms with van der Waals surface area (Å²) in [6.07, 6.45) is 1.96. The Morgan fingerprint density at radius 3 is 2.12 bits per heavy atom. The van der Waals surface area contributed by atoms with Gasteiger partial charge in [-0.3, -0.25) is 0 Å². The molecule has 2 heteroatoms. The van der Waals surface area contributed by atoms with Gasteiger partial charge in [-0.15, -0.1) is 0 Å². The van der Waals surface area contributed by atoms with Crippen LogP contribution in [0.4, 0.5) is 0 Å². The molecule has 0 bridgehead atoms. The van der Waals surface area contributed by atoms with Crippen LogP contribution < -0.4 is 5.73 Å². The number of nitrogens with two attached hydrogens (primary N) is 1. The first-order valence-corrected chi connectivity index (χ1v) is 6.38. The normalized spacial score (nSPS) is 13.7. The van der Waals surface area contributed by atoms with Crippen LogP contribution in [-0.2, 0) is 17.6 Å². The summed E-state index contributed by atoms with van der Waals surface area (Å²) in [5.41, 5.74) is 8.60. The van der Waals surface area contributed by atoms with Gasteiger partial charge in [-0.1, -0.05) is 31.2 Å². The summed E-state index contributed by atoms with van der Waals surface area (Å²) in [4.78, 5) is 0. The molecule has 2 N–H and O–H groups in total. The SMILES string of the molecule is CCc1ccc(CC(N)COC(C)(C)C)cc1. The van der Waals surface area contributed by atoms with Crippen LogP contribution in [0.3, 0.4) is 0 Å². The van der Waals surface area contributed by atoms with Crippen LogP contribution in [0.25, 0.3) is 0 Å². The highest BCUT2D eigenvalue weighted by Crippen LogP contribution is 2.10. The lowest BCUT2D eigenvalue weighted by atomic mass is 10.0. The van der Waals surface area contributed by atoms with Crippen LogP contribution >= 0.6 is 0 Å². The Hall–Kier alpha value is -0.860. The van der Waals surface area contributed by atoms with Gasteiger partial charge in [0.25, 0.3) is 0 Å². The molecule has 0 saturated carbocycles. The van der Waals surface area contributed by atoms with E-state index in [-0.39, 0.29) is 11.6 Å². The molecule has 0 saturated heterocycles. The van der Waals surface area contributed by atoms with Gasteiger partial charge in [0, 0.05) is 6.04 Å². The highest BCUT2D eigenvalue weighted by Gasteiger charge is 2.13. The van der Waals surface area contributed by atoms with Crippen LogP contribution in [0.1, 0.15) is 38.8 Å². The van der Waals surface area contributed by atoms with Crippen LogP contribution in [0, 0.1) is 0 Å². The Labute approximate surface area is 105 Å². The van der Waals surface area contributed by atoms with Gasteiger partial charge in [-0.05, 0) is 44.7 Å². The monoisotopic (exact) mass is 235 g/mol. The second-order valence-electron chi connectivity index (χ2n) is 5.56. The number of rotatable bonds is 5. The molecule has 0 fully saturated rings. The van der Waals surface area contributed by atoms with E-state index >= 15 is 0 Å². The van der Waals surface area contributed by atoms with E-state index in [0.29, 0.717) is 6.61 Å². The summed E-state index contributed by atoms with van der Waals surface area (Å²) in [5.74, 6) is 0. The standard InChI is InChI=1S/C15H25NO/c1-5-12-6-8-13(9-7-12)10-14(16)11-17-15(2,3)4/h6-9,14H,5,10-11,16H2,1-4H3. The lowest BCUT2D eigenvalue weighted by Gasteiger charge is -2.22. The quantitative estimate of drug-likeness (QED) is 0.851. The van der Waals surface area contributed by atoms with Crippen molar-refractivity contribution >= 4 is 0 Å². The van der Waals surface area contributed by atoms with Gasteiger partial charge < -0.3 is 10.5 Å².